The van der Waals surface area contributed by atoms with Crippen LogP contribution < -0.4 is 11.1 Å². The molecular formula is C21H14Cl3F3N6O2. The zero-order valence-electron chi connectivity index (χ0n) is 17.3. The van der Waals surface area contributed by atoms with Gasteiger partial charge in [0.2, 0.25) is 5.95 Å². The van der Waals surface area contributed by atoms with Gasteiger partial charge in [-0.05, 0) is 42.0 Å². The lowest BCUT2D eigenvalue weighted by molar-refractivity contribution is -0.108. The van der Waals surface area contributed by atoms with Crippen molar-refractivity contribution >= 4 is 52.3 Å². The maximum absolute atomic E-state index is 15.3. The lowest BCUT2D eigenvalue weighted by Crippen LogP contribution is -2.41. The van der Waals surface area contributed by atoms with Gasteiger partial charge < -0.3 is 16.2 Å². The second-order valence-corrected chi connectivity index (χ2v) is 8.50. The molecule has 0 radical (unpaired) electrons. The fourth-order valence-corrected chi connectivity index (χ4v) is 3.73. The fourth-order valence-electron chi connectivity index (χ4n) is 3.23. The van der Waals surface area contributed by atoms with E-state index in [1.165, 1.54) is 41.0 Å². The molecule has 4 aromatic rings. The van der Waals surface area contributed by atoms with E-state index in [1.54, 1.807) is 0 Å². The summed E-state index contributed by atoms with van der Waals surface area (Å²) in [6, 6.07) is 7.82. The number of nitrogens with two attached hydrogens (primary N) is 1. The molecule has 3 aromatic heterocycles. The molecule has 0 saturated heterocycles. The van der Waals surface area contributed by atoms with Crippen molar-refractivity contribution in [1.82, 2.24) is 24.9 Å². The van der Waals surface area contributed by atoms with Crippen LogP contribution >= 0.6 is 34.8 Å². The number of aliphatic hydroxyl groups is 1. The molecule has 1 amide bonds. The molecule has 35 heavy (non-hydrogen) atoms. The zero-order valence-corrected chi connectivity index (χ0v) is 19.6. The molecule has 3 heterocycles. The van der Waals surface area contributed by atoms with Crippen LogP contribution in [-0.2, 0) is 0 Å². The van der Waals surface area contributed by atoms with E-state index in [2.05, 4.69) is 15.1 Å². The summed E-state index contributed by atoms with van der Waals surface area (Å²) in [5.74, 6) is -6.13. The molecule has 0 saturated carbocycles. The van der Waals surface area contributed by atoms with Crippen LogP contribution in [0.2, 0.25) is 15.2 Å². The van der Waals surface area contributed by atoms with Crippen LogP contribution in [0.15, 0.2) is 42.6 Å². The number of hydrogen-bond donors (Lipinski definition) is 3. The number of amides is 1. The predicted octanol–water partition coefficient (Wildman–Crippen LogP) is 4.57. The standard InChI is InChI=1S/C21H14Cl3F3N6O2/c22-11-2-1-10(9-5-6-33-14(7-9)31-20(28)32-33)16(25)15(11)19(35)29-8-21(26,27)17(34)13-4-3-12(23)18(24)30-13/h1-7,17,34H,8H2,(H2,28,32)(H,29,35). The Morgan fingerprint density at radius 2 is 1.86 bits per heavy atom. The van der Waals surface area contributed by atoms with Gasteiger partial charge in [0.05, 0.1) is 27.8 Å². The number of benzene rings is 1. The van der Waals surface area contributed by atoms with Gasteiger partial charge in [-0.25, -0.2) is 22.7 Å². The number of halogens is 6. The number of alkyl halides is 2. The number of nitrogen functional groups attached to an aromatic ring is 1. The fraction of sp³-hybridized carbons (Fsp3) is 0.143. The van der Waals surface area contributed by atoms with Gasteiger partial charge in [0, 0.05) is 11.8 Å². The molecule has 182 valence electrons. The summed E-state index contributed by atoms with van der Waals surface area (Å²) in [6.07, 6.45) is -0.938. The Morgan fingerprint density at radius 1 is 1.14 bits per heavy atom. The molecule has 0 aliphatic heterocycles. The van der Waals surface area contributed by atoms with Crippen LogP contribution in [0.1, 0.15) is 22.2 Å². The minimum atomic E-state index is -3.89. The number of nitrogens with zero attached hydrogens (tertiary/aromatic N) is 4. The van der Waals surface area contributed by atoms with E-state index >= 15 is 4.39 Å². The quantitative estimate of drug-likeness (QED) is 0.306. The molecule has 0 aliphatic carbocycles. The Morgan fingerprint density at radius 3 is 2.57 bits per heavy atom. The van der Waals surface area contributed by atoms with Gasteiger partial charge >= 0.3 is 0 Å². The average Bonchev–Trinajstić information content (AvgIpc) is 3.18. The minimum Gasteiger partial charge on any atom is -0.380 e. The molecular weight excluding hydrogens is 532 g/mol. The first-order chi connectivity index (χ1) is 16.5. The monoisotopic (exact) mass is 544 g/mol. The van der Waals surface area contributed by atoms with E-state index < -0.39 is 41.6 Å². The summed E-state index contributed by atoms with van der Waals surface area (Å²) >= 11 is 17.4. The van der Waals surface area contributed by atoms with E-state index in [1.807, 2.05) is 5.32 Å². The van der Waals surface area contributed by atoms with Crippen LogP contribution in [0.3, 0.4) is 0 Å². The lowest BCUT2D eigenvalue weighted by atomic mass is 10.0. The summed E-state index contributed by atoms with van der Waals surface area (Å²) < 4.78 is 45.8. The third kappa shape index (κ3) is 4.98. The van der Waals surface area contributed by atoms with Crippen LogP contribution in [-0.4, -0.2) is 43.1 Å². The summed E-state index contributed by atoms with van der Waals surface area (Å²) in [7, 11) is 0. The predicted molar refractivity (Wildman–Crippen MR) is 124 cm³/mol. The number of fused-ring (bicyclic) bond motifs is 1. The van der Waals surface area contributed by atoms with Crippen LogP contribution in [0.4, 0.5) is 19.1 Å². The summed E-state index contributed by atoms with van der Waals surface area (Å²) in [6.45, 7) is -1.35. The highest BCUT2D eigenvalue weighted by Gasteiger charge is 2.41. The number of anilines is 1. The van der Waals surface area contributed by atoms with E-state index in [9.17, 15) is 18.7 Å². The highest BCUT2D eigenvalue weighted by atomic mass is 35.5. The molecule has 1 unspecified atom stereocenters. The van der Waals surface area contributed by atoms with E-state index in [-0.39, 0.29) is 26.7 Å². The number of aliphatic hydroxyl groups excluding tert-OH is 1. The SMILES string of the molecule is Nc1nc2cc(-c3ccc(Cl)c(C(=O)NCC(F)(F)C(O)c4ccc(Cl)c(Cl)n4)c3F)ccn2n1. The number of carbonyl (C=O) groups excluding carboxylic acids is 1. The number of pyridine rings is 2. The first-order valence-corrected chi connectivity index (χ1v) is 10.9. The van der Waals surface area contributed by atoms with E-state index in [0.717, 1.165) is 6.07 Å². The molecule has 1 atom stereocenters. The highest BCUT2D eigenvalue weighted by molar-refractivity contribution is 6.41. The molecule has 4 N–H and O–H groups in total. The number of carbonyl (C=O) groups is 1. The maximum Gasteiger partial charge on any atom is 0.295 e. The molecule has 14 heteroatoms. The van der Waals surface area contributed by atoms with Crippen LogP contribution in [0.25, 0.3) is 16.8 Å². The van der Waals surface area contributed by atoms with Gasteiger partial charge in [-0.1, -0.05) is 34.8 Å². The van der Waals surface area contributed by atoms with Crippen molar-refractivity contribution in [2.75, 3.05) is 12.3 Å². The molecule has 0 spiro atoms. The third-order valence-corrected chi connectivity index (χ3v) is 5.98. The van der Waals surface area contributed by atoms with Crippen molar-refractivity contribution < 1.29 is 23.1 Å². The smallest absolute Gasteiger partial charge is 0.295 e. The Balaban J connectivity index is 1.57. The number of nitrogens with one attached hydrogen (secondary N) is 1. The second kappa shape index (κ2) is 9.50. The first kappa shape index (κ1) is 25.0. The molecule has 1 aromatic carbocycles. The number of aromatic nitrogens is 4. The lowest BCUT2D eigenvalue weighted by Gasteiger charge is -2.23. The Hall–Kier alpha value is -3.12. The van der Waals surface area contributed by atoms with Gasteiger partial charge in [-0.2, -0.15) is 4.98 Å². The summed E-state index contributed by atoms with van der Waals surface area (Å²) in [5, 5.41) is 15.3. The summed E-state index contributed by atoms with van der Waals surface area (Å²) in [4.78, 5) is 20.2. The minimum absolute atomic E-state index is 0.0101. The normalized spacial score (nSPS) is 12.7. The zero-order chi connectivity index (χ0) is 25.5. The van der Waals surface area contributed by atoms with Crippen molar-refractivity contribution in [3.8, 4) is 11.1 Å². The maximum atomic E-state index is 15.3. The van der Waals surface area contributed by atoms with E-state index in [0.29, 0.717) is 11.2 Å². The second-order valence-electron chi connectivity index (χ2n) is 7.33. The van der Waals surface area contributed by atoms with Crippen LogP contribution in [0.5, 0.6) is 0 Å². The van der Waals surface area contributed by atoms with E-state index in [4.69, 9.17) is 40.5 Å². The van der Waals surface area contributed by atoms with Gasteiger partial charge in [-0.15, -0.1) is 5.10 Å². The largest absolute Gasteiger partial charge is 0.380 e. The third-order valence-electron chi connectivity index (χ3n) is 4.97. The topological polar surface area (TPSA) is 118 Å². The first-order valence-electron chi connectivity index (χ1n) is 9.74. The molecule has 0 fully saturated rings. The number of hydrogen-bond acceptors (Lipinski definition) is 6. The van der Waals surface area contributed by atoms with Crippen LogP contribution in [0, 0.1) is 5.82 Å². The highest BCUT2D eigenvalue weighted by Crippen LogP contribution is 2.33. The van der Waals surface area contributed by atoms with Crippen molar-refractivity contribution in [3.05, 3.63) is 74.9 Å². The van der Waals surface area contributed by atoms with Crippen molar-refractivity contribution in [2.24, 2.45) is 0 Å². The summed E-state index contributed by atoms with van der Waals surface area (Å²) in [5.41, 5.74) is 5.05. The Kier molecular flexibility index (Phi) is 6.78. The van der Waals surface area contributed by atoms with Crippen molar-refractivity contribution in [2.45, 2.75) is 12.0 Å². The molecule has 4 rings (SSSR count). The van der Waals surface area contributed by atoms with Crippen molar-refractivity contribution in [3.63, 3.8) is 0 Å². The Labute approximate surface area is 210 Å². The molecule has 0 aliphatic rings. The van der Waals surface area contributed by atoms with Gasteiger partial charge in [0.1, 0.15) is 11.0 Å². The Bertz CT molecular complexity index is 1450. The molecule has 8 nitrogen and oxygen atoms in total. The van der Waals surface area contributed by atoms with Crippen molar-refractivity contribution in [1.29, 1.82) is 0 Å². The van der Waals surface area contributed by atoms with Gasteiger partial charge in [0.15, 0.2) is 11.8 Å². The van der Waals surface area contributed by atoms with Gasteiger partial charge in [0.25, 0.3) is 11.8 Å². The number of rotatable bonds is 6. The average molecular weight is 546 g/mol. The molecule has 0 bridgehead atoms. The van der Waals surface area contributed by atoms with Gasteiger partial charge in [-0.3, -0.25) is 4.79 Å².